The number of hydrogen-bond donors (Lipinski definition) is 2. The average Bonchev–Trinajstić information content (AvgIpc) is 3.50. The van der Waals surface area contributed by atoms with Crippen molar-refractivity contribution in [2.75, 3.05) is 18.1 Å². The van der Waals surface area contributed by atoms with Crippen LogP contribution in [0.5, 0.6) is 0 Å². The summed E-state index contributed by atoms with van der Waals surface area (Å²) in [6.07, 6.45) is 3.47. The number of aromatic nitrogens is 3. The van der Waals surface area contributed by atoms with Crippen molar-refractivity contribution >= 4 is 49.9 Å². The van der Waals surface area contributed by atoms with Crippen LogP contribution in [0.25, 0.3) is 22.5 Å². The van der Waals surface area contributed by atoms with Crippen molar-refractivity contribution < 1.29 is 18.0 Å². The van der Waals surface area contributed by atoms with Gasteiger partial charge in [0.25, 0.3) is 5.91 Å². The molecule has 0 aliphatic carbocycles. The highest BCUT2D eigenvalue weighted by Crippen LogP contribution is 2.33. The van der Waals surface area contributed by atoms with Crippen LogP contribution in [-0.4, -0.2) is 47.0 Å². The molecule has 0 atom stereocenters. The third kappa shape index (κ3) is 5.81. The number of aryl methyl sites for hydroxylation is 2. The second-order valence-corrected chi connectivity index (χ2v) is 11.2. The van der Waals surface area contributed by atoms with Gasteiger partial charge in [-0.1, -0.05) is 23.7 Å². The van der Waals surface area contributed by atoms with E-state index in [-0.39, 0.29) is 12.1 Å². The maximum absolute atomic E-state index is 12.3. The molecule has 0 saturated heterocycles. The number of carbonyl (C=O) groups is 2. The number of anilines is 1. The van der Waals surface area contributed by atoms with Crippen LogP contribution in [0.1, 0.15) is 21.6 Å². The summed E-state index contributed by atoms with van der Waals surface area (Å²) in [4.78, 5) is 33.6. The number of benzene rings is 1. The Labute approximate surface area is 217 Å². The summed E-state index contributed by atoms with van der Waals surface area (Å²) in [5.74, 6) is -1.03. The topological polar surface area (TPSA) is 123 Å². The lowest BCUT2D eigenvalue weighted by Gasteiger charge is -2.10. The highest BCUT2D eigenvalue weighted by Gasteiger charge is 2.15. The summed E-state index contributed by atoms with van der Waals surface area (Å²) in [5, 5.41) is 7.88. The maximum Gasteiger partial charge on any atom is 0.253 e. The molecule has 0 aliphatic heterocycles. The molecule has 3 aromatic heterocycles. The number of amides is 2. The molecular weight excluding hydrogens is 522 g/mol. The van der Waals surface area contributed by atoms with E-state index in [1.807, 2.05) is 49.6 Å². The molecule has 3 heterocycles. The molecule has 186 valence electrons. The fourth-order valence-electron chi connectivity index (χ4n) is 3.37. The summed E-state index contributed by atoms with van der Waals surface area (Å²) in [5.41, 5.74) is 5.11. The number of thiazole rings is 1. The first kappa shape index (κ1) is 25.5. The van der Waals surface area contributed by atoms with Gasteiger partial charge in [0.2, 0.25) is 15.9 Å². The number of carbonyl (C=O) groups excluding carboxylic acids is 2. The molecule has 1 aromatic carbocycles. The van der Waals surface area contributed by atoms with Gasteiger partial charge in [-0.25, -0.2) is 13.4 Å². The van der Waals surface area contributed by atoms with Crippen LogP contribution in [0.3, 0.4) is 0 Å². The molecule has 0 bridgehead atoms. The van der Waals surface area contributed by atoms with Crippen LogP contribution in [0.4, 0.5) is 5.13 Å². The zero-order valence-corrected chi connectivity index (χ0v) is 22.0. The number of rotatable bonds is 7. The molecule has 9 nitrogen and oxygen atoms in total. The van der Waals surface area contributed by atoms with Gasteiger partial charge in [-0.15, -0.1) is 11.3 Å². The van der Waals surface area contributed by atoms with E-state index in [9.17, 15) is 18.0 Å². The molecule has 12 heteroatoms. The van der Waals surface area contributed by atoms with Crippen LogP contribution in [0, 0.1) is 13.8 Å². The normalized spacial score (nSPS) is 11.3. The van der Waals surface area contributed by atoms with Crippen molar-refractivity contribution in [3.05, 3.63) is 76.0 Å². The van der Waals surface area contributed by atoms with Gasteiger partial charge >= 0.3 is 0 Å². The van der Waals surface area contributed by atoms with Crippen molar-refractivity contribution in [3.8, 4) is 22.5 Å². The van der Waals surface area contributed by atoms with Crippen LogP contribution >= 0.6 is 22.9 Å². The zero-order valence-electron chi connectivity index (χ0n) is 19.6. The Morgan fingerprint density at radius 2 is 1.89 bits per heavy atom. The number of halogens is 1. The minimum Gasteiger partial charge on any atom is -0.343 e. The number of hydrogen-bond acceptors (Lipinski definition) is 7. The van der Waals surface area contributed by atoms with Crippen LogP contribution in [0.2, 0.25) is 5.02 Å². The number of nitrogens with zero attached hydrogens (tertiary/aromatic N) is 3. The van der Waals surface area contributed by atoms with Crippen molar-refractivity contribution in [2.45, 2.75) is 13.8 Å². The highest BCUT2D eigenvalue weighted by atomic mass is 35.5. The molecule has 0 saturated carbocycles. The fraction of sp³-hybridized carbons (Fsp3) is 0.167. The van der Waals surface area contributed by atoms with E-state index in [1.165, 1.54) is 29.8 Å². The average molecular weight is 544 g/mol. The van der Waals surface area contributed by atoms with Crippen LogP contribution < -0.4 is 10.6 Å². The van der Waals surface area contributed by atoms with E-state index in [0.29, 0.717) is 21.5 Å². The lowest BCUT2D eigenvalue weighted by atomic mass is 10.0. The molecule has 0 spiro atoms. The Hall–Kier alpha value is -3.54. The first-order chi connectivity index (χ1) is 17.0. The van der Waals surface area contributed by atoms with Gasteiger partial charge in [0.1, 0.15) is 0 Å². The van der Waals surface area contributed by atoms with E-state index in [2.05, 4.69) is 20.6 Å². The van der Waals surface area contributed by atoms with Gasteiger partial charge in [0.05, 0.1) is 34.8 Å². The van der Waals surface area contributed by atoms with E-state index < -0.39 is 21.8 Å². The molecule has 2 amide bonds. The molecule has 4 aromatic rings. The molecule has 0 aliphatic rings. The Bertz CT molecular complexity index is 1580. The summed E-state index contributed by atoms with van der Waals surface area (Å²) >= 11 is 7.65. The summed E-state index contributed by atoms with van der Waals surface area (Å²) in [6.45, 7) is 3.59. The Balaban J connectivity index is 1.42. The second-order valence-electron chi connectivity index (χ2n) is 8.07. The molecule has 0 unspecified atom stereocenters. The molecule has 0 fully saturated rings. The Morgan fingerprint density at radius 3 is 2.61 bits per heavy atom. The predicted octanol–water partition coefficient (Wildman–Crippen LogP) is 4.12. The minimum absolute atomic E-state index is 0.128. The maximum atomic E-state index is 12.3. The highest BCUT2D eigenvalue weighted by molar-refractivity contribution is 7.89. The fourth-order valence-corrected chi connectivity index (χ4v) is 4.90. The Morgan fingerprint density at radius 1 is 1.11 bits per heavy atom. The third-order valence-electron chi connectivity index (χ3n) is 5.25. The van der Waals surface area contributed by atoms with Crippen molar-refractivity contribution in [1.29, 1.82) is 0 Å². The summed E-state index contributed by atoms with van der Waals surface area (Å²) < 4.78 is 24.0. The van der Waals surface area contributed by atoms with E-state index in [4.69, 9.17) is 11.6 Å². The first-order valence-corrected chi connectivity index (χ1v) is 13.8. The predicted molar refractivity (Wildman–Crippen MR) is 141 cm³/mol. The van der Waals surface area contributed by atoms with Crippen LogP contribution in [0.15, 0.2) is 54.2 Å². The Kier molecular flexibility index (Phi) is 7.25. The molecule has 0 radical (unpaired) electrons. The van der Waals surface area contributed by atoms with Crippen molar-refractivity contribution in [2.24, 2.45) is 0 Å². The second kappa shape index (κ2) is 10.2. The van der Waals surface area contributed by atoms with Gasteiger partial charge in [-0.05, 0) is 43.7 Å². The lowest BCUT2D eigenvalue weighted by Crippen LogP contribution is -2.32. The van der Waals surface area contributed by atoms with E-state index >= 15 is 0 Å². The number of nitrogens with one attached hydrogen (secondary N) is 2. The van der Waals surface area contributed by atoms with Gasteiger partial charge < -0.3 is 10.6 Å². The zero-order chi connectivity index (χ0) is 26.0. The van der Waals surface area contributed by atoms with Gasteiger partial charge in [-0.3, -0.25) is 18.5 Å². The molecule has 36 heavy (non-hydrogen) atoms. The minimum atomic E-state index is -3.49. The quantitative estimate of drug-likeness (QED) is 0.361. The van der Waals surface area contributed by atoms with E-state index in [0.717, 1.165) is 32.6 Å². The van der Waals surface area contributed by atoms with Gasteiger partial charge in [0, 0.05) is 34.6 Å². The third-order valence-corrected chi connectivity index (χ3v) is 7.30. The van der Waals surface area contributed by atoms with E-state index in [1.54, 1.807) is 0 Å². The summed E-state index contributed by atoms with van der Waals surface area (Å²) in [6, 6.07) is 10.9. The molecular formula is C24H22ClN5O4S2. The standard InChI is InChI=1S/C24H22ClN5O4S2/c1-14-4-6-16(10-18(14)22-19(25)7-5-15(2)27-22)20-13-35-24(28-20)29-21(31)11-26-23(32)17-8-9-30(12-17)36(3,33)34/h4-10,12-13H,11H2,1-3H3,(H,26,32)(H,28,29,31). The lowest BCUT2D eigenvalue weighted by molar-refractivity contribution is -0.115. The van der Waals surface area contributed by atoms with Gasteiger partial charge in [0.15, 0.2) is 5.13 Å². The smallest absolute Gasteiger partial charge is 0.253 e. The largest absolute Gasteiger partial charge is 0.343 e. The molecule has 2 N–H and O–H groups in total. The van der Waals surface area contributed by atoms with Crippen molar-refractivity contribution in [3.63, 3.8) is 0 Å². The van der Waals surface area contributed by atoms with Gasteiger partial charge in [-0.2, -0.15) is 0 Å². The van der Waals surface area contributed by atoms with Crippen LogP contribution in [-0.2, 0) is 14.8 Å². The van der Waals surface area contributed by atoms with Crippen molar-refractivity contribution in [1.82, 2.24) is 19.3 Å². The molecule has 4 rings (SSSR count). The summed E-state index contributed by atoms with van der Waals surface area (Å²) in [7, 11) is -3.49. The monoisotopic (exact) mass is 543 g/mol. The SMILES string of the molecule is Cc1ccc(Cl)c(-c2cc(-c3csc(NC(=O)CNC(=O)c4ccn(S(C)(=O)=O)c4)n3)ccc2C)n1. The number of pyridine rings is 1. The first-order valence-electron chi connectivity index (χ1n) is 10.7.